The van der Waals surface area contributed by atoms with Crippen molar-refractivity contribution >= 4 is 23.2 Å². The molecule has 1 aromatic carbocycles. The lowest BCUT2D eigenvalue weighted by molar-refractivity contribution is 0.0487. The van der Waals surface area contributed by atoms with E-state index in [0.717, 1.165) is 18.4 Å². The molecule has 1 fully saturated rings. The van der Waals surface area contributed by atoms with Crippen LogP contribution < -0.4 is 10.9 Å². The lowest BCUT2D eigenvalue weighted by atomic mass is 9.74. The molecule has 2 aromatic heterocycles. The fraction of sp³-hybridized carbons (Fsp3) is 0.286. The van der Waals surface area contributed by atoms with Gasteiger partial charge < -0.3 is 10.1 Å². The Kier molecular flexibility index (Phi) is 5.15. The largest absolute Gasteiger partial charge is 0.381 e. The molecule has 7 heteroatoms. The van der Waals surface area contributed by atoms with Crippen LogP contribution in [0, 0.1) is 0 Å². The first kappa shape index (κ1) is 18.7. The summed E-state index contributed by atoms with van der Waals surface area (Å²) in [6.07, 6.45) is 4.47. The highest BCUT2D eigenvalue weighted by molar-refractivity contribution is 6.30. The summed E-state index contributed by atoms with van der Waals surface area (Å²) in [4.78, 5) is 29.6. The number of hydrogen-bond acceptors (Lipinski definition) is 4. The first-order chi connectivity index (χ1) is 13.6. The number of aromatic nitrogens is 2. The standard InChI is InChI=1S/C21H20ClN3O3/c22-16-5-3-4-15(12-16)21(7-10-28-11-8-21)14-24-19(26)17-13-23-18-6-1-2-9-25(18)20(17)27/h1-6,9,12-13H,7-8,10-11,14H2,(H,24,26). The highest BCUT2D eigenvalue weighted by Gasteiger charge is 2.35. The van der Waals surface area contributed by atoms with Crippen molar-refractivity contribution in [3.8, 4) is 0 Å². The highest BCUT2D eigenvalue weighted by Crippen LogP contribution is 2.35. The average molecular weight is 398 g/mol. The van der Waals surface area contributed by atoms with Crippen LogP contribution in [0.4, 0.5) is 0 Å². The van der Waals surface area contributed by atoms with Crippen LogP contribution in [0.15, 0.2) is 59.7 Å². The molecule has 0 radical (unpaired) electrons. The molecule has 3 heterocycles. The van der Waals surface area contributed by atoms with E-state index < -0.39 is 5.91 Å². The van der Waals surface area contributed by atoms with Crippen molar-refractivity contribution in [2.75, 3.05) is 19.8 Å². The van der Waals surface area contributed by atoms with Crippen molar-refractivity contribution < 1.29 is 9.53 Å². The first-order valence-corrected chi connectivity index (χ1v) is 9.55. The Morgan fingerprint density at radius 1 is 1.21 bits per heavy atom. The van der Waals surface area contributed by atoms with E-state index >= 15 is 0 Å². The normalized spacial score (nSPS) is 16.0. The van der Waals surface area contributed by atoms with Crippen LogP contribution in [-0.4, -0.2) is 35.1 Å². The Hall–Kier alpha value is -2.70. The third-order valence-electron chi connectivity index (χ3n) is 5.33. The SMILES string of the molecule is O=C(NCC1(c2cccc(Cl)c2)CCOCC1)c1cnc2ccccn2c1=O. The van der Waals surface area contributed by atoms with E-state index in [1.807, 2.05) is 24.3 Å². The van der Waals surface area contributed by atoms with Crippen LogP contribution in [0.2, 0.25) is 5.02 Å². The Morgan fingerprint density at radius 2 is 2.04 bits per heavy atom. The second-order valence-electron chi connectivity index (χ2n) is 6.99. The fourth-order valence-electron chi connectivity index (χ4n) is 3.68. The second kappa shape index (κ2) is 7.73. The van der Waals surface area contributed by atoms with E-state index in [9.17, 15) is 9.59 Å². The van der Waals surface area contributed by atoms with Crippen LogP contribution in [-0.2, 0) is 10.2 Å². The van der Waals surface area contributed by atoms with Crippen molar-refractivity contribution in [2.24, 2.45) is 0 Å². The van der Waals surface area contributed by atoms with Crippen molar-refractivity contribution in [3.63, 3.8) is 0 Å². The van der Waals surface area contributed by atoms with Crippen LogP contribution >= 0.6 is 11.6 Å². The number of pyridine rings is 1. The minimum absolute atomic E-state index is 0.0250. The summed E-state index contributed by atoms with van der Waals surface area (Å²) < 4.78 is 6.90. The van der Waals surface area contributed by atoms with Gasteiger partial charge in [0.1, 0.15) is 11.2 Å². The zero-order valence-corrected chi connectivity index (χ0v) is 16.0. The lowest BCUT2D eigenvalue weighted by Gasteiger charge is -2.38. The molecule has 4 rings (SSSR count). The molecule has 28 heavy (non-hydrogen) atoms. The van der Waals surface area contributed by atoms with E-state index in [4.69, 9.17) is 16.3 Å². The Labute approximate surface area is 167 Å². The zero-order valence-electron chi connectivity index (χ0n) is 15.2. The number of amides is 1. The number of carbonyl (C=O) groups excluding carboxylic acids is 1. The molecule has 6 nitrogen and oxygen atoms in total. The Balaban J connectivity index is 1.60. The molecule has 1 aliphatic rings. The molecule has 1 aliphatic heterocycles. The molecule has 3 aromatic rings. The minimum atomic E-state index is -0.427. The number of nitrogens with zero attached hydrogens (tertiary/aromatic N) is 2. The molecular weight excluding hydrogens is 378 g/mol. The molecule has 0 aliphatic carbocycles. The number of hydrogen-bond donors (Lipinski definition) is 1. The highest BCUT2D eigenvalue weighted by atomic mass is 35.5. The van der Waals surface area contributed by atoms with E-state index in [1.54, 1.807) is 24.4 Å². The summed E-state index contributed by atoms with van der Waals surface area (Å²) in [6.45, 7) is 1.62. The quantitative estimate of drug-likeness (QED) is 0.734. The van der Waals surface area contributed by atoms with Gasteiger partial charge in [0.2, 0.25) is 0 Å². The van der Waals surface area contributed by atoms with Gasteiger partial charge in [-0.2, -0.15) is 0 Å². The number of fused-ring (bicyclic) bond motifs is 1. The van der Waals surface area contributed by atoms with Crippen molar-refractivity contribution in [1.29, 1.82) is 0 Å². The minimum Gasteiger partial charge on any atom is -0.381 e. The van der Waals surface area contributed by atoms with Gasteiger partial charge >= 0.3 is 0 Å². The van der Waals surface area contributed by atoms with Gasteiger partial charge in [-0.05, 0) is 42.7 Å². The summed E-state index contributed by atoms with van der Waals surface area (Å²) in [5, 5.41) is 3.60. The van der Waals surface area contributed by atoms with Crippen molar-refractivity contribution in [3.05, 3.63) is 81.4 Å². The molecule has 0 bridgehead atoms. The topological polar surface area (TPSA) is 72.7 Å². The Morgan fingerprint density at radius 3 is 2.82 bits per heavy atom. The van der Waals surface area contributed by atoms with E-state index in [0.29, 0.717) is 30.4 Å². The summed E-state index contributed by atoms with van der Waals surface area (Å²) in [5.41, 5.74) is 0.934. The van der Waals surface area contributed by atoms with Gasteiger partial charge in [0.05, 0.1) is 0 Å². The maximum atomic E-state index is 12.8. The number of halogens is 1. The van der Waals surface area contributed by atoms with E-state index in [2.05, 4.69) is 10.3 Å². The number of carbonyl (C=O) groups is 1. The van der Waals surface area contributed by atoms with Crippen molar-refractivity contribution in [1.82, 2.24) is 14.7 Å². The predicted octanol–water partition coefficient (Wildman–Crippen LogP) is 2.83. The first-order valence-electron chi connectivity index (χ1n) is 9.17. The molecule has 1 saturated heterocycles. The third-order valence-corrected chi connectivity index (χ3v) is 5.57. The second-order valence-corrected chi connectivity index (χ2v) is 7.43. The molecule has 0 spiro atoms. The van der Waals surface area contributed by atoms with Gasteiger partial charge in [-0.1, -0.05) is 29.8 Å². The Bertz CT molecular complexity index is 1070. The number of benzene rings is 1. The molecule has 1 amide bonds. The van der Waals surface area contributed by atoms with E-state index in [-0.39, 0.29) is 16.5 Å². The number of nitrogens with one attached hydrogen (secondary N) is 1. The summed E-state index contributed by atoms with van der Waals surface area (Å²) in [6, 6.07) is 12.9. The van der Waals surface area contributed by atoms with E-state index in [1.165, 1.54) is 10.6 Å². The molecule has 0 saturated carbocycles. The van der Waals surface area contributed by atoms with Gasteiger partial charge in [0, 0.05) is 42.6 Å². The lowest BCUT2D eigenvalue weighted by Crippen LogP contribution is -2.45. The van der Waals surface area contributed by atoms with Crippen LogP contribution in [0.1, 0.15) is 28.8 Å². The number of ether oxygens (including phenoxy) is 1. The van der Waals surface area contributed by atoms with Gasteiger partial charge in [-0.25, -0.2) is 4.98 Å². The fourth-order valence-corrected chi connectivity index (χ4v) is 3.87. The van der Waals surface area contributed by atoms with Gasteiger partial charge in [0.15, 0.2) is 0 Å². The van der Waals surface area contributed by atoms with Crippen LogP contribution in [0.3, 0.4) is 0 Å². The molecule has 1 N–H and O–H groups in total. The van der Waals surface area contributed by atoms with Crippen LogP contribution in [0.25, 0.3) is 5.65 Å². The zero-order chi connectivity index (χ0) is 19.6. The summed E-state index contributed by atoms with van der Waals surface area (Å²) in [5.74, 6) is -0.427. The third kappa shape index (κ3) is 3.53. The maximum absolute atomic E-state index is 12.8. The van der Waals surface area contributed by atoms with Crippen LogP contribution in [0.5, 0.6) is 0 Å². The van der Waals surface area contributed by atoms with Gasteiger partial charge in [-0.3, -0.25) is 14.0 Å². The average Bonchev–Trinajstić information content (AvgIpc) is 2.73. The van der Waals surface area contributed by atoms with Crippen molar-refractivity contribution in [2.45, 2.75) is 18.3 Å². The predicted molar refractivity (Wildman–Crippen MR) is 107 cm³/mol. The van der Waals surface area contributed by atoms with Gasteiger partial charge in [0.25, 0.3) is 11.5 Å². The smallest absolute Gasteiger partial charge is 0.270 e. The van der Waals surface area contributed by atoms with Gasteiger partial charge in [-0.15, -0.1) is 0 Å². The molecule has 0 unspecified atom stereocenters. The molecule has 0 atom stereocenters. The molecular formula is C21H20ClN3O3. The maximum Gasteiger partial charge on any atom is 0.270 e. The molecule has 144 valence electrons. The summed E-state index contributed by atoms with van der Waals surface area (Å²) >= 11 is 6.19. The monoisotopic (exact) mass is 397 g/mol. The number of rotatable bonds is 4. The summed E-state index contributed by atoms with van der Waals surface area (Å²) in [7, 11) is 0.